The third kappa shape index (κ3) is 4.62. The molecule has 1 heterocycles. The van der Waals surface area contributed by atoms with E-state index in [2.05, 4.69) is 10.2 Å². The van der Waals surface area contributed by atoms with Crippen LogP contribution in [-0.4, -0.2) is 36.0 Å². The third-order valence-corrected chi connectivity index (χ3v) is 3.43. The number of nitrogens with zero attached hydrogens (tertiary/aromatic N) is 2. The topological polar surface area (TPSA) is 58.4 Å². The summed E-state index contributed by atoms with van der Waals surface area (Å²) in [6, 6.07) is 4.68. The number of benzene rings is 1. The molecule has 0 unspecified atom stereocenters. The molecule has 0 saturated carbocycles. The molecular formula is C12H17Cl2N3O2. The molecule has 19 heavy (non-hydrogen) atoms. The van der Waals surface area contributed by atoms with Crippen molar-refractivity contribution in [3.05, 3.63) is 38.9 Å². The van der Waals surface area contributed by atoms with Crippen molar-refractivity contribution in [2.45, 2.75) is 13.0 Å². The lowest BCUT2D eigenvalue weighted by Crippen LogP contribution is -2.27. The van der Waals surface area contributed by atoms with Gasteiger partial charge in [-0.3, -0.25) is 15.0 Å². The molecule has 1 fully saturated rings. The van der Waals surface area contributed by atoms with Crippen molar-refractivity contribution in [1.82, 2.24) is 10.2 Å². The van der Waals surface area contributed by atoms with E-state index in [1.54, 1.807) is 6.07 Å². The number of rotatable bonds is 3. The molecule has 0 amide bonds. The van der Waals surface area contributed by atoms with Gasteiger partial charge in [-0.25, -0.2) is 0 Å². The van der Waals surface area contributed by atoms with E-state index in [0.29, 0.717) is 5.02 Å². The minimum Gasteiger partial charge on any atom is -0.315 e. The maximum atomic E-state index is 10.6. The maximum absolute atomic E-state index is 10.6. The summed E-state index contributed by atoms with van der Waals surface area (Å²) >= 11 is 6.09. The van der Waals surface area contributed by atoms with E-state index in [1.165, 1.54) is 12.1 Å². The summed E-state index contributed by atoms with van der Waals surface area (Å²) in [6.07, 6.45) is 1.12. The zero-order valence-electron chi connectivity index (χ0n) is 10.5. The second-order valence-electron chi connectivity index (χ2n) is 4.41. The number of hydrogen-bond acceptors (Lipinski definition) is 4. The van der Waals surface area contributed by atoms with Crippen LogP contribution in [0.3, 0.4) is 0 Å². The van der Waals surface area contributed by atoms with Gasteiger partial charge in [0.05, 0.1) is 9.95 Å². The molecule has 2 rings (SSSR count). The molecule has 1 aliphatic heterocycles. The Morgan fingerprint density at radius 1 is 1.37 bits per heavy atom. The molecule has 106 valence electrons. The predicted molar refractivity (Wildman–Crippen MR) is 78.1 cm³/mol. The highest BCUT2D eigenvalue weighted by molar-refractivity contribution is 6.31. The minimum atomic E-state index is -0.425. The van der Waals surface area contributed by atoms with Crippen molar-refractivity contribution in [3.8, 4) is 0 Å². The Kier molecular flexibility index (Phi) is 6.51. The average molecular weight is 306 g/mol. The van der Waals surface area contributed by atoms with Crippen LogP contribution in [0.2, 0.25) is 5.02 Å². The van der Waals surface area contributed by atoms with Gasteiger partial charge in [0.2, 0.25) is 0 Å². The van der Waals surface area contributed by atoms with Crippen LogP contribution in [0.4, 0.5) is 5.69 Å². The van der Waals surface area contributed by atoms with Crippen LogP contribution >= 0.6 is 24.0 Å². The van der Waals surface area contributed by atoms with E-state index < -0.39 is 4.92 Å². The molecule has 1 N–H and O–H groups in total. The lowest BCUT2D eigenvalue weighted by Gasteiger charge is -2.19. The van der Waals surface area contributed by atoms with Crippen LogP contribution in [-0.2, 0) is 6.54 Å². The normalized spacial score (nSPS) is 16.5. The smallest absolute Gasteiger partial charge is 0.270 e. The molecular weight excluding hydrogens is 289 g/mol. The maximum Gasteiger partial charge on any atom is 0.270 e. The first-order valence-corrected chi connectivity index (χ1v) is 6.40. The number of hydrogen-bond donors (Lipinski definition) is 1. The Bertz CT molecular complexity index is 435. The van der Waals surface area contributed by atoms with Crippen LogP contribution in [0.25, 0.3) is 0 Å². The Morgan fingerprint density at radius 3 is 2.84 bits per heavy atom. The first kappa shape index (κ1) is 16.2. The monoisotopic (exact) mass is 305 g/mol. The zero-order chi connectivity index (χ0) is 13.0. The SMILES string of the molecule is Cl.O=[N+]([O-])c1ccc(CN2CCCNCC2)c(Cl)c1. The van der Waals surface area contributed by atoms with Crippen LogP contribution < -0.4 is 5.32 Å². The summed E-state index contributed by atoms with van der Waals surface area (Å²) in [5.74, 6) is 0. The molecule has 1 aliphatic rings. The van der Waals surface area contributed by atoms with E-state index in [1.807, 2.05) is 0 Å². The van der Waals surface area contributed by atoms with Crippen LogP contribution in [0.1, 0.15) is 12.0 Å². The molecule has 5 nitrogen and oxygen atoms in total. The molecule has 0 aromatic heterocycles. The molecule has 0 aliphatic carbocycles. The van der Waals surface area contributed by atoms with Gasteiger partial charge >= 0.3 is 0 Å². The Hall–Kier alpha value is -0.880. The fourth-order valence-corrected chi connectivity index (χ4v) is 2.31. The molecule has 0 atom stereocenters. The summed E-state index contributed by atoms with van der Waals surface area (Å²) in [4.78, 5) is 12.5. The average Bonchev–Trinajstić information content (AvgIpc) is 2.60. The van der Waals surface area contributed by atoms with E-state index in [4.69, 9.17) is 11.6 Å². The molecule has 1 aromatic carbocycles. The van der Waals surface area contributed by atoms with Gasteiger partial charge in [-0.15, -0.1) is 12.4 Å². The highest BCUT2D eigenvalue weighted by Crippen LogP contribution is 2.23. The molecule has 1 aromatic rings. The van der Waals surface area contributed by atoms with Gasteiger partial charge in [-0.05, 0) is 31.1 Å². The summed E-state index contributed by atoms with van der Waals surface area (Å²) in [7, 11) is 0. The fraction of sp³-hybridized carbons (Fsp3) is 0.500. The second-order valence-corrected chi connectivity index (χ2v) is 4.82. The van der Waals surface area contributed by atoms with E-state index in [0.717, 1.165) is 44.7 Å². The van der Waals surface area contributed by atoms with Gasteiger partial charge in [0.25, 0.3) is 5.69 Å². The standard InChI is InChI=1S/C12H16ClN3O2.ClH/c13-12-8-11(16(17)18)3-2-10(12)9-15-6-1-4-14-5-7-15;/h2-3,8,14H,1,4-7,9H2;1H. The Morgan fingerprint density at radius 2 is 2.16 bits per heavy atom. The highest BCUT2D eigenvalue weighted by Gasteiger charge is 2.13. The largest absolute Gasteiger partial charge is 0.315 e. The first-order chi connectivity index (χ1) is 8.66. The second kappa shape index (κ2) is 7.65. The van der Waals surface area contributed by atoms with E-state index >= 15 is 0 Å². The molecule has 0 spiro atoms. The van der Waals surface area contributed by atoms with Crippen molar-refractivity contribution >= 4 is 29.7 Å². The van der Waals surface area contributed by atoms with Gasteiger partial charge in [0.15, 0.2) is 0 Å². The molecule has 7 heteroatoms. The summed E-state index contributed by atoms with van der Waals surface area (Å²) in [5.41, 5.74) is 0.991. The molecule has 1 saturated heterocycles. The van der Waals surface area contributed by atoms with Crippen molar-refractivity contribution in [1.29, 1.82) is 0 Å². The van der Waals surface area contributed by atoms with Crippen molar-refractivity contribution in [3.63, 3.8) is 0 Å². The van der Waals surface area contributed by atoms with Crippen LogP contribution in [0, 0.1) is 10.1 Å². The zero-order valence-corrected chi connectivity index (χ0v) is 12.0. The summed E-state index contributed by atoms with van der Waals surface area (Å²) < 4.78 is 0. The van der Waals surface area contributed by atoms with Gasteiger partial charge in [-0.1, -0.05) is 11.6 Å². The van der Waals surface area contributed by atoms with Gasteiger partial charge in [-0.2, -0.15) is 0 Å². The molecule has 0 bridgehead atoms. The summed E-state index contributed by atoms with van der Waals surface area (Å²) in [6.45, 7) is 4.78. The van der Waals surface area contributed by atoms with E-state index in [-0.39, 0.29) is 18.1 Å². The Labute approximate surface area is 123 Å². The first-order valence-electron chi connectivity index (χ1n) is 6.03. The van der Waals surface area contributed by atoms with Crippen molar-refractivity contribution < 1.29 is 4.92 Å². The van der Waals surface area contributed by atoms with Gasteiger partial charge in [0, 0.05) is 31.8 Å². The number of nitro benzene ring substituents is 1. The lowest BCUT2D eigenvalue weighted by atomic mass is 10.2. The number of nitro groups is 1. The quantitative estimate of drug-likeness (QED) is 0.688. The highest BCUT2D eigenvalue weighted by atomic mass is 35.5. The van der Waals surface area contributed by atoms with Gasteiger partial charge < -0.3 is 5.32 Å². The van der Waals surface area contributed by atoms with Crippen LogP contribution in [0.5, 0.6) is 0 Å². The van der Waals surface area contributed by atoms with Gasteiger partial charge in [0.1, 0.15) is 0 Å². The van der Waals surface area contributed by atoms with Crippen molar-refractivity contribution in [2.75, 3.05) is 26.2 Å². The third-order valence-electron chi connectivity index (χ3n) is 3.07. The van der Waals surface area contributed by atoms with Crippen molar-refractivity contribution in [2.24, 2.45) is 0 Å². The number of non-ortho nitro benzene ring substituents is 1. The number of halogens is 2. The Balaban J connectivity index is 0.00000180. The number of nitrogens with one attached hydrogen (secondary N) is 1. The predicted octanol–water partition coefficient (Wildman–Crippen LogP) is 2.47. The molecule has 0 radical (unpaired) electrons. The van der Waals surface area contributed by atoms with E-state index in [9.17, 15) is 10.1 Å². The van der Waals surface area contributed by atoms with Crippen LogP contribution in [0.15, 0.2) is 18.2 Å². The summed E-state index contributed by atoms with van der Waals surface area (Å²) in [5, 5.41) is 14.4. The lowest BCUT2D eigenvalue weighted by molar-refractivity contribution is -0.384. The fourth-order valence-electron chi connectivity index (χ4n) is 2.08. The minimum absolute atomic E-state index is 0.